The number of hydrogen-bond donors (Lipinski definition) is 2. The first-order valence-corrected chi connectivity index (χ1v) is 8.28. The molecule has 2 aromatic heterocycles. The fourth-order valence-corrected chi connectivity index (χ4v) is 2.95. The van der Waals surface area contributed by atoms with E-state index in [1.165, 1.54) is 6.26 Å². The van der Waals surface area contributed by atoms with Crippen molar-refractivity contribution in [3.8, 4) is 5.69 Å². The van der Waals surface area contributed by atoms with Gasteiger partial charge in [0.15, 0.2) is 5.76 Å². The van der Waals surface area contributed by atoms with Gasteiger partial charge >= 0.3 is 11.9 Å². The molecule has 0 bridgehead atoms. The van der Waals surface area contributed by atoms with Gasteiger partial charge in [-0.05, 0) is 62.7 Å². The average molecular weight is 365 g/mol. The first-order valence-electron chi connectivity index (χ1n) is 8.28. The Labute approximate surface area is 155 Å². The van der Waals surface area contributed by atoms with E-state index in [0.29, 0.717) is 0 Å². The minimum absolute atomic E-state index is 0.187. The number of benzene rings is 1. The molecule has 138 valence electrons. The predicted molar refractivity (Wildman–Crippen MR) is 101 cm³/mol. The molecule has 0 aliphatic heterocycles. The largest absolute Gasteiger partial charge is 0.478 e. The molecule has 7 nitrogen and oxygen atoms in total. The highest BCUT2D eigenvalue weighted by Gasteiger charge is 2.13. The number of carbonyl (C=O) groups is 2. The number of carboxylic acids is 1. The van der Waals surface area contributed by atoms with Gasteiger partial charge in [0.2, 0.25) is 0 Å². The Hall–Kier alpha value is -3.61. The molecule has 0 aliphatic rings. The van der Waals surface area contributed by atoms with Gasteiger partial charge in [0, 0.05) is 22.6 Å². The van der Waals surface area contributed by atoms with Crippen molar-refractivity contribution < 1.29 is 19.1 Å². The number of nitrogens with one attached hydrogen (secondary N) is 1. The third-order valence-corrected chi connectivity index (χ3v) is 4.27. The molecule has 1 aromatic carbocycles. The number of nitrogens with zero attached hydrogens (tertiary/aromatic N) is 2. The lowest BCUT2D eigenvalue weighted by atomic mass is 10.1. The molecule has 0 spiro atoms. The van der Waals surface area contributed by atoms with E-state index >= 15 is 0 Å². The van der Waals surface area contributed by atoms with Crippen molar-refractivity contribution in [1.82, 2.24) is 9.99 Å². The van der Waals surface area contributed by atoms with Crippen LogP contribution in [0.2, 0.25) is 0 Å². The molecule has 0 fully saturated rings. The highest BCUT2D eigenvalue weighted by Crippen LogP contribution is 2.23. The van der Waals surface area contributed by atoms with Gasteiger partial charge in [-0.25, -0.2) is 10.2 Å². The Morgan fingerprint density at radius 1 is 1.19 bits per heavy atom. The number of carboxylic acid groups (broad SMARTS) is 1. The van der Waals surface area contributed by atoms with Crippen LogP contribution in [0, 0.1) is 20.8 Å². The minimum atomic E-state index is -0.953. The highest BCUT2D eigenvalue weighted by atomic mass is 16.4. The monoisotopic (exact) mass is 365 g/mol. The van der Waals surface area contributed by atoms with Crippen LogP contribution in [0.1, 0.15) is 43.4 Å². The fraction of sp³-hybridized carbons (Fsp3) is 0.150. The number of aryl methyl sites for hydroxylation is 2. The molecule has 3 rings (SSSR count). The SMILES string of the molecule is Cc1cc(C(=O)O)ccc1-n1c(C)cc(/C=N\NC(=O)c2ccco2)c1C. The van der Waals surface area contributed by atoms with Crippen molar-refractivity contribution >= 4 is 18.1 Å². The van der Waals surface area contributed by atoms with E-state index in [4.69, 9.17) is 9.52 Å². The van der Waals surface area contributed by atoms with Gasteiger partial charge in [0.1, 0.15) is 0 Å². The van der Waals surface area contributed by atoms with Crippen LogP contribution in [-0.4, -0.2) is 27.8 Å². The van der Waals surface area contributed by atoms with Crippen LogP contribution in [0.3, 0.4) is 0 Å². The van der Waals surface area contributed by atoms with Crippen molar-refractivity contribution in [3.63, 3.8) is 0 Å². The topological polar surface area (TPSA) is 96.8 Å². The number of amides is 1. The van der Waals surface area contributed by atoms with Gasteiger partial charge in [-0.15, -0.1) is 0 Å². The van der Waals surface area contributed by atoms with E-state index in [9.17, 15) is 9.59 Å². The Balaban J connectivity index is 1.86. The van der Waals surface area contributed by atoms with Gasteiger partial charge in [-0.2, -0.15) is 5.10 Å². The second-order valence-corrected chi connectivity index (χ2v) is 6.14. The molecule has 7 heteroatoms. The van der Waals surface area contributed by atoms with E-state index in [1.807, 2.05) is 31.4 Å². The Morgan fingerprint density at radius 2 is 1.96 bits per heavy atom. The van der Waals surface area contributed by atoms with Gasteiger partial charge in [0.05, 0.1) is 18.0 Å². The Morgan fingerprint density at radius 3 is 2.59 bits per heavy atom. The van der Waals surface area contributed by atoms with E-state index in [1.54, 1.807) is 36.5 Å². The van der Waals surface area contributed by atoms with E-state index in [-0.39, 0.29) is 11.3 Å². The summed E-state index contributed by atoms with van der Waals surface area (Å²) in [4.78, 5) is 23.0. The maximum Gasteiger partial charge on any atom is 0.335 e. The number of aromatic carboxylic acids is 1. The average Bonchev–Trinajstić information content (AvgIpc) is 3.24. The zero-order chi connectivity index (χ0) is 19.6. The normalized spacial score (nSPS) is 11.1. The van der Waals surface area contributed by atoms with Crippen molar-refractivity contribution in [2.45, 2.75) is 20.8 Å². The van der Waals surface area contributed by atoms with Crippen LogP contribution >= 0.6 is 0 Å². The third kappa shape index (κ3) is 3.67. The number of hydrazone groups is 1. The summed E-state index contributed by atoms with van der Waals surface area (Å²) in [7, 11) is 0. The molecular weight excluding hydrogens is 346 g/mol. The van der Waals surface area contributed by atoms with Gasteiger partial charge < -0.3 is 14.1 Å². The van der Waals surface area contributed by atoms with Crippen molar-refractivity contribution in [2.75, 3.05) is 0 Å². The number of furan rings is 1. The standard InChI is InChI=1S/C20H19N3O4/c1-12-9-15(20(25)26)6-7-17(12)23-13(2)10-16(14(23)3)11-21-22-19(24)18-5-4-8-27-18/h4-11H,1-3H3,(H,22,24)(H,25,26)/b21-11-. The van der Waals surface area contributed by atoms with Crippen LogP contribution in [0.4, 0.5) is 0 Å². The van der Waals surface area contributed by atoms with Gasteiger partial charge in [-0.3, -0.25) is 4.79 Å². The molecule has 0 unspecified atom stereocenters. The van der Waals surface area contributed by atoms with Crippen LogP contribution < -0.4 is 5.43 Å². The predicted octanol–water partition coefficient (Wildman–Crippen LogP) is 3.46. The summed E-state index contributed by atoms with van der Waals surface area (Å²) in [5.41, 5.74) is 7.16. The maximum absolute atomic E-state index is 11.8. The summed E-state index contributed by atoms with van der Waals surface area (Å²) in [5.74, 6) is -1.19. The summed E-state index contributed by atoms with van der Waals surface area (Å²) < 4.78 is 7.04. The summed E-state index contributed by atoms with van der Waals surface area (Å²) in [5, 5.41) is 13.1. The molecule has 2 heterocycles. The number of rotatable bonds is 5. The van der Waals surface area contributed by atoms with Gasteiger partial charge in [0.25, 0.3) is 0 Å². The quantitative estimate of drug-likeness (QED) is 0.534. The first kappa shape index (κ1) is 18.2. The molecule has 0 saturated carbocycles. The third-order valence-electron chi connectivity index (χ3n) is 4.27. The number of aromatic nitrogens is 1. The maximum atomic E-state index is 11.8. The number of carbonyl (C=O) groups excluding carboxylic acids is 1. The molecule has 1 amide bonds. The Kier molecular flexibility index (Phi) is 4.94. The zero-order valence-electron chi connectivity index (χ0n) is 15.2. The molecule has 0 atom stereocenters. The molecule has 0 radical (unpaired) electrons. The zero-order valence-corrected chi connectivity index (χ0v) is 15.2. The van der Waals surface area contributed by atoms with E-state index in [2.05, 4.69) is 10.5 Å². The lowest BCUT2D eigenvalue weighted by molar-refractivity contribution is 0.0696. The lowest BCUT2D eigenvalue weighted by Gasteiger charge is -2.13. The Bertz CT molecular complexity index is 1030. The molecule has 0 saturated heterocycles. The smallest absolute Gasteiger partial charge is 0.335 e. The number of hydrogen-bond acceptors (Lipinski definition) is 4. The highest BCUT2D eigenvalue weighted by molar-refractivity contribution is 5.92. The summed E-state index contributed by atoms with van der Waals surface area (Å²) in [6, 6.07) is 10.2. The molecule has 27 heavy (non-hydrogen) atoms. The molecule has 2 N–H and O–H groups in total. The van der Waals surface area contributed by atoms with Crippen molar-refractivity contribution in [1.29, 1.82) is 0 Å². The van der Waals surface area contributed by atoms with Crippen molar-refractivity contribution in [3.05, 3.63) is 76.5 Å². The second-order valence-electron chi connectivity index (χ2n) is 6.14. The van der Waals surface area contributed by atoms with Gasteiger partial charge in [-0.1, -0.05) is 0 Å². The van der Waals surface area contributed by atoms with Crippen LogP contribution in [-0.2, 0) is 0 Å². The second kappa shape index (κ2) is 7.33. The lowest BCUT2D eigenvalue weighted by Crippen LogP contribution is -2.16. The molecular formula is C20H19N3O4. The molecule has 3 aromatic rings. The van der Waals surface area contributed by atoms with Crippen LogP contribution in [0.5, 0.6) is 0 Å². The van der Waals surface area contributed by atoms with Crippen LogP contribution in [0.15, 0.2) is 52.2 Å². The fourth-order valence-electron chi connectivity index (χ4n) is 2.95. The van der Waals surface area contributed by atoms with E-state index < -0.39 is 11.9 Å². The van der Waals surface area contributed by atoms with E-state index in [0.717, 1.165) is 28.2 Å². The first-order chi connectivity index (χ1) is 12.9. The van der Waals surface area contributed by atoms with Crippen molar-refractivity contribution in [2.24, 2.45) is 5.10 Å². The summed E-state index contributed by atoms with van der Waals surface area (Å²) in [6.07, 6.45) is 2.99. The summed E-state index contributed by atoms with van der Waals surface area (Å²) in [6.45, 7) is 5.77. The van der Waals surface area contributed by atoms with Crippen LogP contribution in [0.25, 0.3) is 5.69 Å². The summed E-state index contributed by atoms with van der Waals surface area (Å²) >= 11 is 0. The minimum Gasteiger partial charge on any atom is -0.478 e. The molecule has 0 aliphatic carbocycles.